The molecule has 0 aliphatic heterocycles. The second-order valence-electron chi connectivity index (χ2n) is 11.5. The number of anilines is 3. The first-order valence-electron chi connectivity index (χ1n) is 16.7. The molecule has 288 valence electrons. The Morgan fingerprint density at radius 2 is 1.18 bits per heavy atom. The molecule has 3 aromatic heterocycles. The standard InChI is InChI=1S/C22H20ClN5O4S.C17H15ClN2O3/c1-4-20-27-28-22(33-20)26-21(29)25-15-6-5-12(9-14(15)23)32-17-7-8-24-16-11-19(31-3)18(30-2)10-13(16)17;1-21-16-8-11-14(9-17(16)22-2)20-6-5-15(11)23-10-3-4-13(19)12(18)7-10/h5-11H,4H2,1-3H3,(H2,25,26,28,29);3-9H,19H2,1-2H3. The monoisotopic (exact) mass is 815 g/mol. The first-order valence-corrected chi connectivity index (χ1v) is 18.3. The maximum absolute atomic E-state index is 12.3. The largest absolute Gasteiger partial charge is 0.493 e. The van der Waals surface area contributed by atoms with Crippen LogP contribution in [0.15, 0.2) is 85.2 Å². The third-order valence-electron chi connectivity index (χ3n) is 8.02. The van der Waals surface area contributed by atoms with E-state index in [2.05, 4.69) is 30.8 Å². The van der Waals surface area contributed by atoms with Crippen LogP contribution in [0.4, 0.5) is 21.3 Å². The van der Waals surface area contributed by atoms with E-state index in [9.17, 15) is 4.79 Å². The number of aromatic nitrogens is 4. The lowest BCUT2D eigenvalue weighted by atomic mass is 10.2. The quantitative estimate of drug-likeness (QED) is 0.106. The first-order chi connectivity index (χ1) is 27.1. The molecule has 0 spiro atoms. The number of rotatable bonds is 11. The zero-order chi connectivity index (χ0) is 39.8. The molecule has 3 heterocycles. The zero-order valence-electron chi connectivity index (χ0n) is 30.7. The Balaban J connectivity index is 0.000000202. The number of halogens is 2. The number of amides is 2. The Morgan fingerprint density at radius 1 is 0.661 bits per heavy atom. The smallest absolute Gasteiger partial charge is 0.325 e. The normalized spacial score (nSPS) is 10.6. The topological polar surface area (TPSA) is 174 Å². The van der Waals surface area contributed by atoms with E-state index >= 15 is 0 Å². The molecule has 0 aliphatic carbocycles. The van der Waals surface area contributed by atoms with Crippen LogP contribution in [-0.4, -0.2) is 54.6 Å². The minimum atomic E-state index is -0.467. The SMILES string of the molecule is CCc1nnc(NC(=O)Nc2ccc(Oc3ccnc4cc(OC)c(OC)cc34)cc2Cl)s1.COc1cc2nccc(Oc3ccc(N)c(Cl)c3)c2cc1OC. The highest BCUT2D eigenvalue weighted by molar-refractivity contribution is 7.15. The van der Waals surface area contributed by atoms with Gasteiger partial charge in [-0.2, -0.15) is 0 Å². The van der Waals surface area contributed by atoms with Crippen LogP contribution in [0.1, 0.15) is 11.9 Å². The third kappa shape index (κ3) is 9.14. The van der Waals surface area contributed by atoms with E-state index in [0.717, 1.165) is 27.7 Å². The molecule has 0 saturated heterocycles. The van der Waals surface area contributed by atoms with Crippen LogP contribution in [0.3, 0.4) is 0 Å². The molecule has 2 amide bonds. The van der Waals surface area contributed by atoms with Crippen LogP contribution in [0.5, 0.6) is 46.0 Å². The van der Waals surface area contributed by atoms with Gasteiger partial charge in [0.2, 0.25) is 5.13 Å². The summed E-state index contributed by atoms with van der Waals surface area (Å²) in [5.74, 6) is 4.64. The number of hydrogen-bond acceptors (Lipinski definition) is 13. The minimum absolute atomic E-state index is 0.312. The van der Waals surface area contributed by atoms with Crippen molar-refractivity contribution in [3.05, 3.63) is 100 Å². The second-order valence-corrected chi connectivity index (χ2v) is 13.4. The molecule has 7 rings (SSSR count). The highest BCUT2D eigenvalue weighted by Gasteiger charge is 2.15. The molecular weight excluding hydrogens is 781 g/mol. The van der Waals surface area contributed by atoms with Gasteiger partial charge in [0.05, 0.1) is 60.9 Å². The van der Waals surface area contributed by atoms with E-state index in [0.29, 0.717) is 78.1 Å². The summed E-state index contributed by atoms with van der Waals surface area (Å²) in [6.07, 6.45) is 4.06. The highest BCUT2D eigenvalue weighted by atomic mass is 35.5. The number of urea groups is 1. The van der Waals surface area contributed by atoms with Crippen LogP contribution >= 0.6 is 34.5 Å². The van der Waals surface area contributed by atoms with Gasteiger partial charge in [-0.25, -0.2) is 4.79 Å². The number of ether oxygens (including phenoxy) is 6. The number of methoxy groups -OCH3 is 4. The van der Waals surface area contributed by atoms with Crippen molar-refractivity contribution in [3.8, 4) is 46.0 Å². The average molecular weight is 817 g/mol. The number of nitrogens with zero attached hydrogens (tertiary/aromatic N) is 4. The number of pyridine rings is 2. The van der Waals surface area contributed by atoms with Gasteiger partial charge < -0.3 is 39.5 Å². The summed E-state index contributed by atoms with van der Waals surface area (Å²) in [5, 5.41) is 16.8. The molecular formula is C39H35Cl2N7O7S. The summed E-state index contributed by atoms with van der Waals surface area (Å²) in [4.78, 5) is 21.0. The van der Waals surface area contributed by atoms with Gasteiger partial charge in [0.15, 0.2) is 23.0 Å². The molecule has 0 saturated carbocycles. The van der Waals surface area contributed by atoms with Crippen molar-refractivity contribution in [2.45, 2.75) is 13.3 Å². The number of fused-ring (bicyclic) bond motifs is 2. The highest BCUT2D eigenvalue weighted by Crippen LogP contribution is 2.39. The van der Waals surface area contributed by atoms with E-state index in [1.165, 1.54) is 11.3 Å². The van der Waals surface area contributed by atoms with Crippen molar-refractivity contribution < 1.29 is 33.2 Å². The number of aryl methyl sites for hydroxylation is 1. The Labute approximate surface area is 335 Å². The van der Waals surface area contributed by atoms with Crippen LogP contribution in [-0.2, 0) is 6.42 Å². The fourth-order valence-electron chi connectivity index (χ4n) is 5.26. The van der Waals surface area contributed by atoms with E-state index in [-0.39, 0.29) is 0 Å². The molecule has 7 aromatic rings. The van der Waals surface area contributed by atoms with Crippen molar-refractivity contribution in [1.82, 2.24) is 20.2 Å². The van der Waals surface area contributed by atoms with Gasteiger partial charge in [0.1, 0.15) is 28.0 Å². The van der Waals surface area contributed by atoms with E-state index in [1.807, 2.05) is 13.0 Å². The Bertz CT molecular complexity index is 2520. The number of nitrogens with one attached hydrogen (secondary N) is 2. The van der Waals surface area contributed by atoms with E-state index < -0.39 is 6.03 Å². The molecule has 0 aliphatic rings. The summed E-state index contributed by atoms with van der Waals surface area (Å²) in [5.41, 5.74) is 8.07. The molecule has 17 heteroatoms. The zero-order valence-corrected chi connectivity index (χ0v) is 33.0. The summed E-state index contributed by atoms with van der Waals surface area (Å²) >= 11 is 13.7. The van der Waals surface area contributed by atoms with Gasteiger partial charge in [-0.05, 0) is 55.0 Å². The minimum Gasteiger partial charge on any atom is -0.493 e. The first kappa shape index (κ1) is 39.4. The van der Waals surface area contributed by atoms with Crippen LogP contribution < -0.4 is 44.8 Å². The number of benzene rings is 4. The fourth-order valence-corrected chi connectivity index (χ4v) is 6.32. The number of nitrogen functional groups attached to an aromatic ring is 1. The maximum Gasteiger partial charge on any atom is 0.325 e. The number of carbonyl (C=O) groups is 1. The molecule has 56 heavy (non-hydrogen) atoms. The van der Waals surface area contributed by atoms with Crippen LogP contribution in [0.2, 0.25) is 10.0 Å². The Kier molecular flexibility index (Phi) is 12.6. The van der Waals surface area contributed by atoms with Crippen molar-refractivity contribution >= 4 is 78.9 Å². The summed E-state index contributed by atoms with van der Waals surface area (Å²) in [6, 6.07) is 20.4. The molecule has 4 aromatic carbocycles. The summed E-state index contributed by atoms with van der Waals surface area (Å²) in [7, 11) is 6.30. The third-order valence-corrected chi connectivity index (χ3v) is 9.64. The number of nitrogens with two attached hydrogens (primary N) is 1. The molecule has 4 N–H and O–H groups in total. The van der Waals surface area contributed by atoms with Crippen molar-refractivity contribution in [2.24, 2.45) is 0 Å². The van der Waals surface area contributed by atoms with Gasteiger partial charge in [-0.3, -0.25) is 15.3 Å². The Hall–Kier alpha value is -6.29. The fraction of sp³-hybridized carbons (Fsp3) is 0.154. The molecule has 0 atom stereocenters. The molecule has 0 radical (unpaired) electrons. The molecule has 14 nitrogen and oxygen atoms in total. The summed E-state index contributed by atoms with van der Waals surface area (Å²) in [6.45, 7) is 1.97. The van der Waals surface area contributed by atoms with Gasteiger partial charge >= 0.3 is 6.03 Å². The lowest BCUT2D eigenvalue weighted by Crippen LogP contribution is -2.19. The predicted octanol–water partition coefficient (Wildman–Crippen LogP) is 10.0. The van der Waals surface area contributed by atoms with Gasteiger partial charge in [-0.15, -0.1) is 10.2 Å². The van der Waals surface area contributed by atoms with Crippen LogP contribution in [0, 0.1) is 0 Å². The van der Waals surface area contributed by atoms with Gasteiger partial charge in [0, 0.05) is 47.4 Å². The molecule has 0 bridgehead atoms. The molecule has 0 unspecified atom stereocenters. The number of hydrogen-bond donors (Lipinski definition) is 3. The van der Waals surface area contributed by atoms with Crippen molar-refractivity contribution in [3.63, 3.8) is 0 Å². The van der Waals surface area contributed by atoms with Gasteiger partial charge in [-0.1, -0.05) is 41.5 Å². The molecule has 0 fully saturated rings. The Morgan fingerprint density at radius 3 is 1.66 bits per heavy atom. The maximum atomic E-state index is 12.3. The number of carbonyl (C=O) groups excluding carboxylic acids is 1. The van der Waals surface area contributed by atoms with E-state index in [1.54, 1.807) is 108 Å². The van der Waals surface area contributed by atoms with Gasteiger partial charge in [0.25, 0.3) is 0 Å². The lowest BCUT2D eigenvalue weighted by Gasteiger charge is -2.13. The predicted molar refractivity (Wildman–Crippen MR) is 219 cm³/mol. The summed E-state index contributed by atoms with van der Waals surface area (Å²) < 4.78 is 33.3. The second kappa shape index (κ2) is 17.9. The van der Waals surface area contributed by atoms with Crippen molar-refractivity contribution in [2.75, 3.05) is 44.8 Å². The van der Waals surface area contributed by atoms with Crippen molar-refractivity contribution in [1.29, 1.82) is 0 Å². The lowest BCUT2D eigenvalue weighted by molar-refractivity contribution is 0.262. The average Bonchev–Trinajstić information content (AvgIpc) is 3.67. The van der Waals surface area contributed by atoms with Crippen LogP contribution in [0.25, 0.3) is 21.8 Å². The van der Waals surface area contributed by atoms with E-state index in [4.69, 9.17) is 57.4 Å².